The van der Waals surface area contributed by atoms with Crippen molar-refractivity contribution in [3.05, 3.63) is 89.2 Å². The van der Waals surface area contributed by atoms with E-state index in [1.807, 2.05) is 30.3 Å². The van der Waals surface area contributed by atoms with E-state index in [0.29, 0.717) is 17.2 Å². The van der Waals surface area contributed by atoms with Gasteiger partial charge in [-0.1, -0.05) is 43.7 Å². The van der Waals surface area contributed by atoms with E-state index in [1.165, 1.54) is 25.3 Å². The molecule has 3 aromatic carbocycles. The molecule has 4 rings (SSSR count). The molecule has 1 saturated carbocycles. The fraction of sp³-hybridized carbons (Fsp3) is 0.286. The summed E-state index contributed by atoms with van der Waals surface area (Å²) in [6, 6.07) is 21.3. The van der Waals surface area contributed by atoms with Crippen LogP contribution in [0.1, 0.15) is 66.4 Å². The Morgan fingerprint density at radius 3 is 2.16 bits per heavy atom. The lowest BCUT2D eigenvalue weighted by Crippen LogP contribution is -2.14. The molecule has 1 fully saturated rings. The van der Waals surface area contributed by atoms with Crippen molar-refractivity contribution in [2.45, 2.75) is 44.9 Å². The van der Waals surface area contributed by atoms with Crippen molar-refractivity contribution in [1.82, 2.24) is 0 Å². The first kappa shape index (κ1) is 21.8. The second-order valence-corrected chi connectivity index (χ2v) is 8.47. The molecule has 0 aromatic heterocycles. The average Bonchev–Trinajstić information content (AvgIpc) is 2.84. The predicted molar refractivity (Wildman–Crippen MR) is 123 cm³/mol. The van der Waals surface area contributed by atoms with Crippen molar-refractivity contribution in [1.29, 1.82) is 5.26 Å². The molecule has 162 valence electrons. The van der Waals surface area contributed by atoms with E-state index in [4.69, 9.17) is 10.00 Å². The number of ether oxygens (including phenoxy) is 1. The van der Waals surface area contributed by atoms with Crippen LogP contribution < -0.4 is 4.74 Å². The van der Waals surface area contributed by atoms with E-state index >= 15 is 0 Å². The summed E-state index contributed by atoms with van der Waals surface area (Å²) in [4.78, 5) is 12.5. The van der Waals surface area contributed by atoms with Crippen molar-refractivity contribution >= 4 is 5.97 Å². The van der Waals surface area contributed by atoms with Gasteiger partial charge >= 0.3 is 5.97 Å². The minimum absolute atomic E-state index is 0.0489. The van der Waals surface area contributed by atoms with Gasteiger partial charge in [-0.05, 0) is 90.6 Å². The summed E-state index contributed by atoms with van der Waals surface area (Å²) >= 11 is 0. The molecule has 0 aliphatic heterocycles. The summed E-state index contributed by atoms with van der Waals surface area (Å²) in [6.45, 7) is 2.23. The van der Waals surface area contributed by atoms with Crippen molar-refractivity contribution < 1.29 is 13.9 Å². The zero-order valence-corrected chi connectivity index (χ0v) is 18.2. The number of carbonyl (C=O) groups is 1. The highest BCUT2D eigenvalue weighted by Crippen LogP contribution is 2.37. The topological polar surface area (TPSA) is 50.1 Å². The fourth-order valence-corrected chi connectivity index (χ4v) is 4.47. The number of carbonyl (C=O) groups excluding carboxylic acids is 1. The maximum absolute atomic E-state index is 14.7. The third kappa shape index (κ3) is 4.89. The summed E-state index contributed by atoms with van der Waals surface area (Å²) in [6.07, 6.45) is 5.73. The highest BCUT2D eigenvalue weighted by atomic mass is 19.1. The van der Waals surface area contributed by atoms with Gasteiger partial charge in [0, 0.05) is 0 Å². The number of nitrogens with zero attached hydrogens (tertiary/aromatic N) is 1. The van der Waals surface area contributed by atoms with Crippen molar-refractivity contribution in [3.8, 4) is 22.9 Å². The Labute approximate surface area is 188 Å². The van der Waals surface area contributed by atoms with E-state index in [2.05, 4.69) is 13.0 Å². The zero-order chi connectivity index (χ0) is 22.5. The van der Waals surface area contributed by atoms with Gasteiger partial charge in [0.25, 0.3) is 0 Å². The largest absolute Gasteiger partial charge is 0.423 e. The molecule has 0 atom stereocenters. The molecular weight excluding hydrogens is 401 g/mol. The first-order valence-electron chi connectivity index (χ1n) is 11.2. The minimum atomic E-state index is -0.699. The SMILES string of the molecule is CC[C@H]1CC[C@H](c2ccc(C(=O)Oc3ccc(-c4ccc(C#N)cc4)cc3)c(F)c2)CC1. The van der Waals surface area contributed by atoms with Crippen LogP contribution in [-0.2, 0) is 0 Å². The van der Waals surface area contributed by atoms with E-state index in [0.717, 1.165) is 35.4 Å². The van der Waals surface area contributed by atoms with Gasteiger partial charge in [0.05, 0.1) is 17.2 Å². The maximum Gasteiger partial charge on any atom is 0.346 e. The quantitative estimate of drug-likeness (QED) is 0.318. The number of esters is 1. The summed E-state index contributed by atoms with van der Waals surface area (Å²) in [5, 5.41) is 8.91. The van der Waals surface area contributed by atoms with Gasteiger partial charge in [0.15, 0.2) is 0 Å². The zero-order valence-electron chi connectivity index (χ0n) is 18.2. The third-order valence-corrected chi connectivity index (χ3v) is 6.52. The number of halogens is 1. The van der Waals surface area contributed by atoms with Crippen LogP contribution >= 0.6 is 0 Å². The molecule has 0 amide bonds. The molecule has 1 aliphatic carbocycles. The molecule has 0 heterocycles. The number of hydrogen-bond donors (Lipinski definition) is 0. The van der Waals surface area contributed by atoms with Crippen molar-refractivity contribution in [2.24, 2.45) is 5.92 Å². The molecule has 3 nitrogen and oxygen atoms in total. The Morgan fingerprint density at radius 1 is 0.969 bits per heavy atom. The normalized spacial score (nSPS) is 18.0. The molecule has 1 aliphatic rings. The molecule has 32 heavy (non-hydrogen) atoms. The van der Waals surface area contributed by atoms with Gasteiger partial charge in [0.2, 0.25) is 0 Å². The number of rotatable bonds is 5. The maximum atomic E-state index is 14.7. The highest BCUT2D eigenvalue weighted by molar-refractivity contribution is 5.91. The highest BCUT2D eigenvalue weighted by Gasteiger charge is 2.23. The Hall–Kier alpha value is -3.45. The Balaban J connectivity index is 1.41. The van der Waals surface area contributed by atoms with Gasteiger partial charge < -0.3 is 4.74 Å². The van der Waals surface area contributed by atoms with Gasteiger partial charge in [0.1, 0.15) is 11.6 Å². The van der Waals surface area contributed by atoms with Crippen molar-refractivity contribution in [3.63, 3.8) is 0 Å². The van der Waals surface area contributed by atoms with E-state index < -0.39 is 11.8 Å². The van der Waals surface area contributed by atoms with E-state index in [-0.39, 0.29) is 5.56 Å². The van der Waals surface area contributed by atoms with E-state index in [9.17, 15) is 9.18 Å². The number of hydrogen-bond acceptors (Lipinski definition) is 3. The van der Waals surface area contributed by atoms with Crippen LogP contribution in [-0.4, -0.2) is 5.97 Å². The van der Waals surface area contributed by atoms with Crippen LogP contribution in [0.4, 0.5) is 4.39 Å². The first-order chi connectivity index (χ1) is 15.6. The van der Waals surface area contributed by atoms with Crippen molar-refractivity contribution in [2.75, 3.05) is 0 Å². The molecular formula is C28H26FNO2. The molecule has 3 aromatic rings. The summed E-state index contributed by atoms with van der Waals surface area (Å²) < 4.78 is 20.1. The lowest BCUT2D eigenvalue weighted by molar-refractivity contribution is 0.0730. The van der Waals surface area contributed by atoms with Crippen LogP contribution in [0.25, 0.3) is 11.1 Å². The lowest BCUT2D eigenvalue weighted by Gasteiger charge is -2.28. The molecule has 0 saturated heterocycles. The van der Waals surface area contributed by atoms with Gasteiger partial charge in [-0.15, -0.1) is 0 Å². The standard InChI is InChI=1S/C28H26FNO2/c1-2-19-3-7-23(8-4-19)24-13-16-26(27(29)17-24)28(31)32-25-14-11-22(12-15-25)21-9-5-20(18-30)6-10-21/h5-6,9-17,19,23H,2-4,7-8H2,1H3/t19-,23-. The number of benzene rings is 3. The van der Waals surface area contributed by atoms with Gasteiger partial charge in [-0.3, -0.25) is 0 Å². The number of nitriles is 1. The summed E-state index contributed by atoms with van der Waals surface area (Å²) in [5.41, 5.74) is 3.41. The summed E-state index contributed by atoms with van der Waals surface area (Å²) in [7, 11) is 0. The second kappa shape index (κ2) is 9.78. The molecule has 0 spiro atoms. The second-order valence-electron chi connectivity index (χ2n) is 8.47. The average molecular weight is 428 g/mol. The molecule has 0 bridgehead atoms. The molecule has 0 unspecified atom stereocenters. The minimum Gasteiger partial charge on any atom is -0.423 e. The van der Waals surface area contributed by atoms with Gasteiger partial charge in [-0.25, -0.2) is 9.18 Å². The lowest BCUT2D eigenvalue weighted by atomic mass is 9.78. The third-order valence-electron chi connectivity index (χ3n) is 6.52. The molecule has 4 heteroatoms. The van der Waals surface area contributed by atoms with Gasteiger partial charge in [-0.2, -0.15) is 5.26 Å². The van der Waals surface area contributed by atoms with E-state index in [1.54, 1.807) is 30.3 Å². The Morgan fingerprint density at radius 2 is 1.59 bits per heavy atom. The fourth-order valence-electron chi connectivity index (χ4n) is 4.47. The van der Waals surface area contributed by atoms with Crippen LogP contribution in [0.5, 0.6) is 5.75 Å². The summed E-state index contributed by atoms with van der Waals surface area (Å²) in [5.74, 6) is 0.281. The molecule has 0 radical (unpaired) electrons. The first-order valence-corrected chi connectivity index (χ1v) is 11.2. The van der Waals surface area contributed by atoms with Crippen LogP contribution in [0.3, 0.4) is 0 Å². The van der Waals surface area contributed by atoms with Crippen LogP contribution in [0.2, 0.25) is 0 Å². The predicted octanol–water partition coefficient (Wildman–Crippen LogP) is 7.27. The van der Waals surface area contributed by atoms with Crippen LogP contribution in [0, 0.1) is 23.1 Å². The smallest absolute Gasteiger partial charge is 0.346 e. The monoisotopic (exact) mass is 427 g/mol. The Bertz CT molecular complexity index is 1120. The Kier molecular flexibility index (Phi) is 6.66. The molecule has 0 N–H and O–H groups in total. The van der Waals surface area contributed by atoms with Crippen LogP contribution in [0.15, 0.2) is 66.7 Å².